The lowest BCUT2D eigenvalue weighted by molar-refractivity contribution is 0.0462. The Morgan fingerprint density at radius 3 is 2.76 bits per heavy atom. The Morgan fingerprint density at radius 2 is 2.19 bits per heavy atom. The molecule has 6 heteroatoms. The van der Waals surface area contributed by atoms with Gasteiger partial charge in [0.1, 0.15) is 6.61 Å². The number of nitrogen functional groups attached to an aromatic ring is 1. The van der Waals surface area contributed by atoms with Gasteiger partial charge in [-0.05, 0) is 47.0 Å². The summed E-state index contributed by atoms with van der Waals surface area (Å²) in [5.41, 5.74) is 9.56. The van der Waals surface area contributed by atoms with Crippen molar-refractivity contribution < 1.29 is 9.53 Å². The van der Waals surface area contributed by atoms with Crippen LogP contribution in [0, 0.1) is 6.92 Å². The van der Waals surface area contributed by atoms with Crippen LogP contribution in [0.4, 0.5) is 5.69 Å². The fourth-order valence-electron chi connectivity index (χ4n) is 1.96. The Hall–Kier alpha value is -1.82. The molecule has 0 saturated carbocycles. The first-order chi connectivity index (χ1) is 9.93. The van der Waals surface area contributed by atoms with E-state index in [1.807, 2.05) is 20.9 Å². The first-order valence-corrected chi connectivity index (χ1v) is 7.46. The molecule has 5 nitrogen and oxygen atoms in total. The monoisotopic (exact) mass is 351 g/mol. The molecule has 0 bridgehead atoms. The van der Waals surface area contributed by atoms with Crippen LogP contribution in [-0.4, -0.2) is 15.7 Å². The van der Waals surface area contributed by atoms with Gasteiger partial charge in [0.25, 0.3) is 0 Å². The standard InChI is InChI=1S/C15H18BrN3O2/c1-4-12-14(16)13(19(3)18-12)8-21-15(20)10-6-5-9(2)11(17)7-10/h5-7H,4,8,17H2,1-3H3. The predicted molar refractivity (Wildman–Crippen MR) is 85.0 cm³/mol. The van der Waals surface area contributed by atoms with Gasteiger partial charge < -0.3 is 10.5 Å². The number of aromatic nitrogens is 2. The van der Waals surface area contributed by atoms with E-state index in [1.165, 1.54) is 0 Å². The quantitative estimate of drug-likeness (QED) is 0.678. The highest BCUT2D eigenvalue weighted by atomic mass is 79.9. The molecule has 0 fully saturated rings. The van der Waals surface area contributed by atoms with E-state index in [9.17, 15) is 4.79 Å². The van der Waals surface area contributed by atoms with Crippen molar-refractivity contribution in [2.24, 2.45) is 7.05 Å². The van der Waals surface area contributed by atoms with E-state index >= 15 is 0 Å². The normalized spacial score (nSPS) is 10.7. The minimum absolute atomic E-state index is 0.163. The van der Waals surface area contributed by atoms with Crippen LogP contribution in [0.2, 0.25) is 0 Å². The molecule has 21 heavy (non-hydrogen) atoms. The number of nitrogens with zero attached hydrogens (tertiary/aromatic N) is 2. The number of esters is 1. The van der Waals surface area contributed by atoms with E-state index in [0.717, 1.165) is 27.8 Å². The van der Waals surface area contributed by atoms with Crippen LogP contribution >= 0.6 is 15.9 Å². The average molecular weight is 352 g/mol. The first kappa shape index (κ1) is 15.6. The van der Waals surface area contributed by atoms with Gasteiger partial charge in [-0.1, -0.05) is 13.0 Å². The highest BCUT2D eigenvalue weighted by Gasteiger charge is 2.15. The summed E-state index contributed by atoms with van der Waals surface area (Å²) in [6.45, 7) is 4.08. The molecule has 1 aromatic heterocycles. The zero-order chi connectivity index (χ0) is 15.6. The smallest absolute Gasteiger partial charge is 0.338 e. The lowest BCUT2D eigenvalue weighted by Gasteiger charge is -2.07. The highest BCUT2D eigenvalue weighted by molar-refractivity contribution is 9.10. The summed E-state index contributed by atoms with van der Waals surface area (Å²) in [5.74, 6) is -0.396. The molecule has 2 aromatic rings. The fraction of sp³-hybridized carbons (Fsp3) is 0.333. The number of aryl methyl sites for hydroxylation is 3. The minimum Gasteiger partial charge on any atom is -0.456 e. The van der Waals surface area contributed by atoms with Crippen molar-refractivity contribution in [1.82, 2.24) is 9.78 Å². The number of carbonyl (C=O) groups excluding carboxylic acids is 1. The lowest BCUT2D eigenvalue weighted by Crippen LogP contribution is -2.09. The Balaban J connectivity index is 2.11. The molecule has 0 radical (unpaired) electrons. The third-order valence-corrected chi connectivity index (χ3v) is 4.27. The molecule has 0 aliphatic carbocycles. The SMILES string of the molecule is CCc1nn(C)c(COC(=O)c2ccc(C)c(N)c2)c1Br. The third kappa shape index (κ3) is 3.26. The molecule has 0 atom stereocenters. The molecular weight excluding hydrogens is 334 g/mol. The first-order valence-electron chi connectivity index (χ1n) is 6.67. The van der Waals surface area contributed by atoms with Gasteiger partial charge in [0.2, 0.25) is 0 Å². The molecule has 0 spiro atoms. The van der Waals surface area contributed by atoms with Crippen molar-refractivity contribution in [3.63, 3.8) is 0 Å². The van der Waals surface area contributed by atoms with Crippen LogP contribution < -0.4 is 5.73 Å². The Labute approximate surface area is 132 Å². The van der Waals surface area contributed by atoms with Crippen LogP contribution in [-0.2, 0) is 24.8 Å². The minimum atomic E-state index is -0.396. The van der Waals surface area contributed by atoms with Crippen LogP contribution in [0.5, 0.6) is 0 Å². The maximum Gasteiger partial charge on any atom is 0.338 e. The molecule has 2 rings (SSSR count). The van der Waals surface area contributed by atoms with Gasteiger partial charge in [0.05, 0.1) is 21.4 Å². The summed E-state index contributed by atoms with van der Waals surface area (Å²) in [7, 11) is 1.83. The molecule has 0 saturated heterocycles. The summed E-state index contributed by atoms with van der Waals surface area (Å²) in [5, 5.41) is 4.36. The third-order valence-electron chi connectivity index (χ3n) is 3.36. The van der Waals surface area contributed by atoms with Crippen molar-refractivity contribution in [3.05, 3.63) is 45.2 Å². The maximum absolute atomic E-state index is 12.1. The Morgan fingerprint density at radius 1 is 1.48 bits per heavy atom. The van der Waals surface area contributed by atoms with Crippen molar-refractivity contribution in [2.45, 2.75) is 26.9 Å². The molecular formula is C15H18BrN3O2. The number of benzene rings is 1. The van der Waals surface area contributed by atoms with Gasteiger partial charge in [-0.25, -0.2) is 4.79 Å². The van der Waals surface area contributed by atoms with E-state index in [2.05, 4.69) is 21.0 Å². The number of rotatable bonds is 4. The molecule has 112 valence electrons. The molecule has 2 N–H and O–H groups in total. The van der Waals surface area contributed by atoms with Gasteiger partial charge >= 0.3 is 5.97 Å². The van der Waals surface area contributed by atoms with Crippen LogP contribution in [0.15, 0.2) is 22.7 Å². The number of ether oxygens (including phenoxy) is 1. The van der Waals surface area contributed by atoms with Crippen molar-refractivity contribution in [2.75, 3.05) is 5.73 Å². The van der Waals surface area contributed by atoms with Crippen LogP contribution in [0.1, 0.15) is 34.2 Å². The van der Waals surface area contributed by atoms with E-state index < -0.39 is 5.97 Å². The van der Waals surface area contributed by atoms with Crippen molar-refractivity contribution in [3.8, 4) is 0 Å². The lowest BCUT2D eigenvalue weighted by atomic mass is 10.1. The summed E-state index contributed by atoms with van der Waals surface area (Å²) in [6, 6.07) is 5.15. The van der Waals surface area contributed by atoms with Gasteiger partial charge in [-0.2, -0.15) is 5.10 Å². The molecule has 0 aliphatic heterocycles. The highest BCUT2D eigenvalue weighted by Crippen LogP contribution is 2.23. The topological polar surface area (TPSA) is 70.1 Å². The number of halogens is 1. The van der Waals surface area contributed by atoms with E-state index in [-0.39, 0.29) is 6.61 Å². The number of anilines is 1. The number of hydrogen-bond donors (Lipinski definition) is 1. The van der Waals surface area contributed by atoms with Crippen molar-refractivity contribution in [1.29, 1.82) is 0 Å². The van der Waals surface area contributed by atoms with Gasteiger partial charge in [-0.15, -0.1) is 0 Å². The number of carbonyl (C=O) groups is 1. The zero-order valence-electron chi connectivity index (χ0n) is 12.3. The van der Waals surface area contributed by atoms with Gasteiger partial charge in [0.15, 0.2) is 0 Å². The van der Waals surface area contributed by atoms with Crippen LogP contribution in [0.25, 0.3) is 0 Å². The average Bonchev–Trinajstić information content (AvgIpc) is 2.73. The number of hydrogen-bond acceptors (Lipinski definition) is 4. The summed E-state index contributed by atoms with van der Waals surface area (Å²) in [4.78, 5) is 12.1. The predicted octanol–water partition coefficient (Wildman–Crippen LogP) is 2.99. The van der Waals surface area contributed by atoms with Crippen molar-refractivity contribution >= 4 is 27.6 Å². The Bertz CT molecular complexity index is 680. The largest absolute Gasteiger partial charge is 0.456 e. The summed E-state index contributed by atoms with van der Waals surface area (Å²) >= 11 is 3.50. The molecule has 1 heterocycles. The van der Waals surface area contributed by atoms with E-state index in [0.29, 0.717) is 11.3 Å². The van der Waals surface area contributed by atoms with E-state index in [1.54, 1.807) is 22.9 Å². The summed E-state index contributed by atoms with van der Waals surface area (Å²) < 4.78 is 7.96. The molecule has 0 amide bonds. The van der Waals surface area contributed by atoms with E-state index in [4.69, 9.17) is 10.5 Å². The molecule has 1 aromatic carbocycles. The van der Waals surface area contributed by atoms with Gasteiger partial charge in [-0.3, -0.25) is 4.68 Å². The van der Waals surface area contributed by atoms with Crippen LogP contribution in [0.3, 0.4) is 0 Å². The summed E-state index contributed by atoms with van der Waals surface area (Å²) in [6.07, 6.45) is 0.816. The molecule has 0 aliphatic rings. The zero-order valence-corrected chi connectivity index (χ0v) is 13.9. The molecule has 0 unspecified atom stereocenters. The second kappa shape index (κ2) is 6.30. The second-order valence-corrected chi connectivity index (χ2v) is 5.63. The van der Waals surface area contributed by atoms with Gasteiger partial charge in [0, 0.05) is 12.7 Å². The fourth-order valence-corrected chi connectivity index (χ4v) is 2.69. The second-order valence-electron chi connectivity index (χ2n) is 4.83. The Kier molecular flexibility index (Phi) is 4.67. The maximum atomic E-state index is 12.1. The number of nitrogens with two attached hydrogens (primary N) is 1.